The van der Waals surface area contributed by atoms with Crippen LogP contribution in [-0.2, 0) is 6.18 Å². The molecule has 0 aliphatic carbocycles. The summed E-state index contributed by atoms with van der Waals surface area (Å²) >= 11 is 0. The number of carboxylic acids is 1. The van der Waals surface area contributed by atoms with Crippen molar-refractivity contribution in [1.29, 1.82) is 0 Å². The van der Waals surface area contributed by atoms with E-state index in [0.29, 0.717) is 5.39 Å². The number of carbonyl (C=O) groups is 1. The molecule has 3 nitrogen and oxygen atoms in total. The highest BCUT2D eigenvalue weighted by molar-refractivity contribution is 6.03. The van der Waals surface area contributed by atoms with Gasteiger partial charge in [-0.25, -0.2) is 4.79 Å². The molecule has 0 fully saturated rings. The summed E-state index contributed by atoms with van der Waals surface area (Å²) in [4.78, 5) is 15.5. The third-order valence-corrected chi connectivity index (χ3v) is 3.75. The predicted molar refractivity (Wildman–Crippen MR) is 83.9 cm³/mol. The number of aromatic carboxylic acids is 1. The van der Waals surface area contributed by atoms with E-state index >= 15 is 0 Å². The minimum atomic E-state index is -4.82. The molecule has 122 valence electrons. The van der Waals surface area contributed by atoms with E-state index < -0.39 is 23.3 Å². The Labute approximate surface area is 135 Å². The lowest BCUT2D eigenvalue weighted by molar-refractivity contribution is -0.137. The fraction of sp³-hybridized carbons (Fsp3) is 0.111. The van der Waals surface area contributed by atoms with Gasteiger partial charge >= 0.3 is 12.1 Å². The number of nitrogens with zero attached hydrogens (tertiary/aromatic N) is 1. The highest BCUT2D eigenvalue weighted by Gasteiger charge is 2.39. The number of alkyl halides is 3. The van der Waals surface area contributed by atoms with Gasteiger partial charge in [-0.1, -0.05) is 35.9 Å². The van der Waals surface area contributed by atoms with Crippen molar-refractivity contribution < 1.29 is 23.1 Å². The van der Waals surface area contributed by atoms with Crippen molar-refractivity contribution in [3.05, 3.63) is 65.4 Å². The van der Waals surface area contributed by atoms with Crippen molar-refractivity contribution in [1.82, 2.24) is 4.98 Å². The van der Waals surface area contributed by atoms with Crippen LogP contribution in [0.5, 0.6) is 0 Å². The van der Waals surface area contributed by atoms with Crippen LogP contribution in [0.15, 0.2) is 48.7 Å². The van der Waals surface area contributed by atoms with E-state index in [4.69, 9.17) is 0 Å². The average molecular weight is 331 g/mol. The van der Waals surface area contributed by atoms with Crippen LogP contribution in [0.25, 0.3) is 22.0 Å². The molecule has 1 heterocycles. The summed E-state index contributed by atoms with van der Waals surface area (Å²) in [7, 11) is 0. The summed E-state index contributed by atoms with van der Waals surface area (Å²) in [5, 5.41) is 9.63. The lowest BCUT2D eigenvalue weighted by Gasteiger charge is -2.18. The lowest BCUT2D eigenvalue weighted by atomic mass is 9.91. The number of benzene rings is 2. The second-order valence-electron chi connectivity index (χ2n) is 5.42. The molecule has 0 unspecified atom stereocenters. The molecule has 3 rings (SSSR count). The average Bonchev–Trinajstić information content (AvgIpc) is 2.53. The molecule has 0 amide bonds. The molecule has 0 aliphatic heterocycles. The number of hydrogen-bond donors (Lipinski definition) is 1. The van der Waals surface area contributed by atoms with Crippen molar-refractivity contribution in [2.75, 3.05) is 0 Å². The van der Waals surface area contributed by atoms with Gasteiger partial charge in [0.1, 0.15) is 0 Å². The van der Waals surface area contributed by atoms with Crippen LogP contribution >= 0.6 is 0 Å². The van der Waals surface area contributed by atoms with Crippen LogP contribution in [0.4, 0.5) is 13.2 Å². The maximum atomic E-state index is 13.7. The number of fused-ring (bicyclic) bond motifs is 1. The SMILES string of the molecule is Cc1ccc(-c2c(C(F)(F)F)c(C(=O)O)cc3cccnc23)cc1. The van der Waals surface area contributed by atoms with E-state index in [1.54, 1.807) is 36.4 Å². The topological polar surface area (TPSA) is 50.2 Å². The van der Waals surface area contributed by atoms with Crippen LogP contribution in [-0.4, -0.2) is 16.1 Å². The standard InChI is InChI=1S/C18H12F3NO2/c1-10-4-6-11(7-5-10)14-15(18(19,20)21)13(17(23)24)9-12-3-2-8-22-16(12)14/h2-9H,1H3,(H,23,24). The molecular weight excluding hydrogens is 319 g/mol. The first kappa shape index (κ1) is 16.0. The number of carboxylic acid groups (broad SMARTS) is 1. The molecule has 2 aromatic carbocycles. The monoisotopic (exact) mass is 331 g/mol. The van der Waals surface area contributed by atoms with Crippen LogP contribution < -0.4 is 0 Å². The van der Waals surface area contributed by atoms with Gasteiger partial charge in [0.2, 0.25) is 0 Å². The van der Waals surface area contributed by atoms with E-state index in [0.717, 1.165) is 11.6 Å². The van der Waals surface area contributed by atoms with Gasteiger partial charge < -0.3 is 5.11 Å². The third-order valence-electron chi connectivity index (χ3n) is 3.75. The van der Waals surface area contributed by atoms with Crippen molar-refractivity contribution in [2.45, 2.75) is 13.1 Å². The third kappa shape index (κ3) is 2.71. The summed E-state index contributed by atoms with van der Waals surface area (Å²) in [6.45, 7) is 1.82. The Morgan fingerprint density at radius 3 is 2.38 bits per heavy atom. The van der Waals surface area contributed by atoms with E-state index in [1.165, 1.54) is 6.20 Å². The molecule has 0 atom stereocenters. The number of hydrogen-bond acceptors (Lipinski definition) is 2. The van der Waals surface area contributed by atoms with Crippen molar-refractivity contribution in [2.24, 2.45) is 0 Å². The number of rotatable bonds is 2. The number of aromatic nitrogens is 1. The van der Waals surface area contributed by atoms with Crippen LogP contribution in [0, 0.1) is 6.92 Å². The largest absolute Gasteiger partial charge is 0.478 e. The molecule has 6 heteroatoms. The Kier molecular flexibility index (Phi) is 3.75. The minimum Gasteiger partial charge on any atom is -0.478 e. The number of pyridine rings is 1. The summed E-state index contributed by atoms with van der Waals surface area (Å²) in [6, 6.07) is 10.6. The Hall–Kier alpha value is -2.89. The van der Waals surface area contributed by atoms with E-state index in [-0.39, 0.29) is 16.6 Å². The van der Waals surface area contributed by atoms with Crippen molar-refractivity contribution in [3.8, 4) is 11.1 Å². The maximum absolute atomic E-state index is 13.7. The van der Waals surface area contributed by atoms with Gasteiger partial charge in [-0.05, 0) is 24.6 Å². The molecule has 0 radical (unpaired) electrons. The van der Waals surface area contributed by atoms with E-state index in [2.05, 4.69) is 4.98 Å². The second-order valence-corrected chi connectivity index (χ2v) is 5.42. The smallest absolute Gasteiger partial charge is 0.417 e. The minimum absolute atomic E-state index is 0.124. The van der Waals surface area contributed by atoms with Crippen LogP contribution in [0.3, 0.4) is 0 Å². The van der Waals surface area contributed by atoms with Crippen molar-refractivity contribution >= 4 is 16.9 Å². The van der Waals surface area contributed by atoms with Gasteiger partial charge in [0.05, 0.1) is 16.6 Å². The Morgan fingerprint density at radius 1 is 1.12 bits per heavy atom. The first-order valence-corrected chi connectivity index (χ1v) is 7.08. The number of aryl methyl sites for hydroxylation is 1. The molecule has 0 aliphatic rings. The fourth-order valence-electron chi connectivity index (χ4n) is 2.69. The maximum Gasteiger partial charge on any atom is 0.417 e. The van der Waals surface area contributed by atoms with Crippen LogP contribution in [0.1, 0.15) is 21.5 Å². The zero-order valence-corrected chi connectivity index (χ0v) is 12.6. The van der Waals surface area contributed by atoms with E-state index in [9.17, 15) is 23.1 Å². The zero-order chi connectivity index (χ0) is 17.5. The lowest BCUT2D eigenvalue weighted by Crippen LogP contribution is -2.15. The summed E-state index contributed by atoms with van der Waals surface area (Å²) < 4.78 is 41.0. The molecule has 3 aromatic rings. The molecule has 0 saturated carbocycles. The fourth-order valence-corrected chi connectivity index (χ4v) is 2.69. The van der Waals surface area contributed by atoms with Gasteiger partial charge in [-0.3, -0.25) is 4.98 Å². The van der Waals surface area contributed by atoms with Gasteiger partial charge in [0.15, 0.2) is 0 Å². The summed E-state index contributed by atoms with van der Waals surface area (Å²) in [6.07, 6.45) is -3.43. The zero-order valence-electron chi connectivity index (χ0n) is 12.6. The van der Waals surface area contributed by atoms with Gasteiger partial charge in [-0.15, -0.1) is 0 Å². The van der Waals surface area contributed by atoms with Gasteiger partial charge in [0.25, 0.3) is 0 Å². The molecule has 0 spiro atoms. The summed E-state index contributed by atoms with van der Waals surface area (Å²) in [5.41, 5.74) is -0.876. The quantitative estimate of drug-likeness (QED) is 0.724. The normalized spacial score (nSPS) is 11.7. The molecule has 24 heavy (non-hydrogen) atoms. The Balaban J connectivity index is 2.51. The highest BCUT2D eigenvalue weighted by Crippen LogP contribution is 2.43. The van der Waals surface area contributed by atoms with E-state index in [1.807, 2.05) is 6.92 Å². The summed E-state index contributed by atoms with van der Waals surface area (Å²) in [5.74, 6) is -1.62. The van der Waals surface area contributed by atoms with Gasteiger partial charge in [-0.2, -0.15) is 13.2 Å². The molecule has 0 bridgehead atoms. The number of halogens is 3. The predicted octanol–water partition coefficient (Wildman–Crippen LogP) is 4.93. The molecule has 1 N–H and O–H groups in total. The van der Waals surface area contributed by atoms with Gasteiger partial charge in [0, 0.05) is 17.1 Å². The molecular formula is C18H12F3NO2. The molecule has 0 saturated heterocycles. The first-order chi connectivity index (χ1) is 11.3. The van der Waals surface area contributed by atoms with Crippen LogP contribution in [0.2, 0.25) is 0 Å². The Bertz CT molecular complexity index is 931. The molecule has 1 aromatic heterocycles. The first-order valence-electron chi connectivity index (χ1n) is 7.08. The van der Waals surface area contributed by atoms with Crippen molar-refractivity contribution in [3.63, 3.8) is 0 Å². The highest BCUT2D eigenvalue weighted by atomic mass is 19.4. The Morgan fingerprint density at radius 2 is 1.79 bits per heavy atom. The second kappa shape index (κ2) is 5.63.